The first-order chi connectivity index (χ1) is 14.5. The molecule has 0 atom stereocenters. The van der Waals surface area contributed by atoms with Crippen molar-refractivity contribution in [1.82, 2.24) is 19.9 Å². The summed E-state index contributed by atoms with van der Waals surface area (Å²) < 4.78 is 7.11. The topological polar surface area (TPSA) is 103 Å². The van der Waals surface area contributed by atoms with E-state index in [1.807, 2.05) is 33.0 Å². The Bertz CT molecular complexity index is 1340. The van der Waals surface area contributed by atoms with E-state index < -0.39 is 0 Å². The maximum absolute atomic E-state index is 13.4. The number of hydrogen-bond acceptors (Lipinski definition) is 4. The molecule has 0 aliphatic heterocycles. The third-order valence-corrected chi connectivity index (χ3v) is 5.11. The Kier molecular flexibility index (Phi) is 4.99. The number of pyridine rings is 2. The molecule has 4 rings (SSSR count). The summed E-state index contributed by atoms with van der Waals surface area (Å²) in [6.07, 6.45) is 1.85. The van der Waals surface area contributed by atoms with Gasteiger partial charge in [0.1, 0.15) is 5.75 Å². The van der Waals surface area contributed by atoms with Gasteiger partial charge in [-0.25, -0.2) is 4.98 Å². The molecular formula is C22H24N5O3+. The summed E-state index contributed by atoms with van der Waals surface area (Å²) in [7, 11) is 1.54. The Morgan fingerprint density at radius 2 is 2.07 bits per heavy atom. The van der Waals surface area contributed by atoms with Crippen molar-refractivity contribution in [2.45, 2.75) is 27.3 Å². The fraction of sp³-hybridized carbons (Fsp3) is 0.273. The number of aromatic nitrogens is 4. The predicted molar refractivity (Wildman–Crippen MR) is 115 cm³/mol. The van der Waals surface area contributed by atoms with Crippen molar-refractivity contribution in [3.63, 3.8) is 0 Å². The van der Waals surface area contributed by atoms with Gasteiger partial charge in [0.25, 0.3) is 11.5 Å². The number of hydrogen-bond donors (Lipinski definition) is 2. The number of aromatic amines is 2. The van der Waals surface area contributed by atoms with Crippen LogP contribution in [0.1, 0.15) is 30.0 Å². The molecular weight excluding hydrogens is 382 g/mol. The Labute approximate surface area is 172 Å². The van der Waals surface area contributed by atoms with Gasteiger partial charge in [-0.1, -0.05) is 0 Å². The van der Waals surface area contributed by atoms with E-state index in [0.717, 1.165) is 22.2 Å². The molecule has 3 aromatic heterocycles. The summed E-state index contributed by atoms with van der Waals surface area (Å²) in [5.74, 6) is 1.08. The number of ether oxygens (including phenoxy) is 1. The monoisotopic (exact) mass is 406 g/mol. The number of nitrogens with one attached hydrogen (secondary N) is 3. The van der Waals surface area contributed by atoms with Gasteiger partial charge in [-0.15, -0.1) is 0 Å². The average Bonchev–Trinajstić information content (AvgIpc) is 3.13. The van der Waals surface area contributed by atoms with Crippen LogP contribution in [0.2, 0.25) is 0 Å². The Morgan fingerprint density at radius 1 is 1.27 bits per heavy atom. The van der Waals surface area contributed by atoms with Gasteiger partial charge >= 0.3 is 5.65 Å². The quantitative estimate of drug-likeness (QED) is 0.531. The smallest absolute Gasteiger partial charge is 0.348 e. The molecule has 30 heavy (non-hydrogen) atoms. The maximum atomic E-state index is 13.4. The molecule has 4 aromatic rings. The highest BCUT2D eigenvalue weighted by molar-refractivity contribution is 6.00. The lowest BCUT2D eigenvalue weighted by atomic mass is 10.0. The van der Waals surface area contributed by atoms with Crippen molar-refractivity contribution in [3.05, 3.63) is 52.2 Å². The van der Waals surface area contributed by atoms with E-state index in [-0.39, 0.29) is 11.5 Å². The number of carbonyl (C=O) groups is 1. The van der Waals surface area contributed by atoms with E-state index in [1.165, 1.54) is 7.11 Å². The first-order valence-corrected chi connectivity index (χ1v) is 9.89. The van der Waals surface area contributed by atoms with Gasteiger partial charge in [-0.05, 0) is 48.7 Å². The van der Waals surface area contributed by atoms with Crippen molar-refractivity contribution < 1.29 is 14.5 Å². The average molecular weight is 406 g/mol. The number of H-pyrrole nitrogens is 2. The molecule has 1 amide bonds. The van der Waals surface area contributed by atoms with E-state index in [1.54, 1.807) is 22.8 Å². The summed E-state index contributed by atoms with van der Waals surface area (Å²) in [5, 5.41) is 3.65. The molecule has 3 heterocycles. The molecule has 0 spiro atoms. The summed E-state index contributed by atoms with van der Waals surface area (Å²) in [6, 6.07) is 7.00. The lowest BCUT2D eigenvalue weighted by Crippen LogP contribution is -2.24. The van der Waals surface area contributed by atoms with Gasteiger partial charge in [0, 0.05) is 36.5 Å². The summed E-state index contributed by atoms with van der Waals surface area (Å²) in [5.41, 5.74) is 3.73. The molecule has 8 heteroatoms. The molecule has 0 fully saturated rings. The fourth-order valence-electron chi connectivity index (χ4n) is 3.77. The summed E-state index contributed by atoms with van der Waals surface area (Å²) >= 11 is 0. The number of rotatable bonds is 5. The number of amides is 1. The van der Waals surface area contributed by atoms with E-state index in [9.17, 15) is 9.59 Å². The van der Waals surface area contributed by atoms with Crippen LogP contribution in [0.3, 0.4) is 0 Å². The molecule has 1 aromatic carbocycles. The minimum atomic E-state index is -0.211. The summed E-state index contributed by atoms with van der Waals surface area (Å²) in [6.45, 7) is 6.67. The second-order valence-electron chi connectivity index (χ2n) is 7.06. The number of fused-ring (bicyclic) bond motifs is 3. The highest BCUT2D eigenvalue weighted by atomic mass is 16.5. The van der Waals surface area contributed by atoms with Crippen LogP contribution < -0.4 is 20.6 Å². The van der Waals surface area contributed by atoms with Gasteiger partial charge < -0.3 is 19.6 Å². The Morgan fingerprint density at radius 3 is 2.77 bits per heavy atom. The molecule has 154 valence electrons. The molecule has 0 unspecified atom stereocenters. The third kappa shape index (κ3) is 3.20. The van der Waals surface area contributed by atoms with Crippen LogP contribution in [0.15, 0.2) is 35.3 Å². The van der Waals surface area contributed by atoms with Gasteiger partial charge in [-0.2, -0.15) is 0 Å². The van der Waals surface area contributed by atoms with Crippen molar-refractivity contribution in [2.75, 3.05) is 13.7 Å². The van der Waals surface area contributed by atoms with Crippen LogP contribution in [0, 0.1) is 6.92 Å². The molecule has 0 radical (unpaired) electrons. The maximum Gasteiger partial charge on any atom is 0.348 e. The van der Waals surface area contributed by atoms with Crippen LogP contribution in [0.4, 0.5) is 0 Å². The second-order valence-corrected chi connectivity index (χ2v) is 7.06. The summed E-state index contributed by atoms with van der Waals surface area (Å²) in [4.78, 5) is 36.7. The second kappa shape index (κ2) is 7.62. The lowest BCUT2D eigenvalue weighted by Gasteiger charge is -2.13. The molecule has 0 aliphatic rings. The zero-order chi connectivity index (χ0) is 21.4. The fourth-order valence-corrected chi connectivity index (χ4v) is 3.77. The lowest BCUT2D eigenvalue weighted by molar-refractivity contribution is -0.345. The number of benzene rings is 1. The van der Waals surface area contributed by atoms with Gasteiger partial charge in [0.15, 0.2) is 5.52 Å². The number of nitrogens with zero attached hydrogens (tertiary/aromatic N) is 2. The van der Waals surface area contributed by atoms with Crippen LogP contribution in [-0.4, -0.2) is 34.1 Å². The van der Waals surface area contributed by atoms with Gasteiger partial charge in [-0.3, -0.25) is 9.59 Å². The zero-order valence-electron chi connectivity index (χ0n) is 17.4. The van der Waals surface area contributed by atoms with Gasteiger partial charge in [0.05, 0.1) is 18.8 Å². The van der Waals surface area contributed by atoms with E-state index in [0.29, 0.717) is 41.2 Å². The van der Waals surface area contributed by atoms with Crippen molar-refractivity contribution >= 4 is 28.0 Å². The highest BCUT2D eigenvalue weighted by Crippen LogP contribution is 2.28. The molecule has 0 aliphatic carbocycles. The number of methoxy groups -OCH3 is 1. The Hall–Kier alpha value is -3.68. The number of aryl methyl sites for hydroxylation is 2. The van der Waals surface area contributed by atoms with Crippen molar-refractivity contribution in [3.8, 4) is 16.9 Å². The minimum Gasteiger partial charge on any atom is -0.497 e. The normalized spacial score (nSPS) is 11.2. The van der Waals surface area contributed by atoms with Crippen molar-refractivity contribution in [2.24, 2.45) is 0 Å². The van der Waals surface area contributed by atoms with E-state index in [2.05, 4.69) is 20.3 Å². The Balaban J connectivity index is 2.01. The standard InChI is InChI=1S/C22H23N5O3/c1-5-23-21(28)14-7-13(8-16(9-14)30-4)17-10-15-11-24-20-18(25-12(3)26-20)19(15)27(6-2)22(17)29/h7-11H,5-6H2,1-4H3,(H,23,28)(H,24,25,26)/p+1. The number of imidazole rings is 1. The zero-order valence-corrected chi connectivity index (χ0v) is 17.4. The first-order valence-electron chi connectivity index (χ1n) is 9.89. The minimum absolute atomic E-state index is 0.139. The van der Waals surface area contributed by atoms with Crippen LogP contribution in [-0.2, 0) is 6.54 Å². The van der Waals surface area contributed by atoms with Gasteiger partial charge in [0.2, 0.25) is 5.82 Å². The molecule has 8 nitrogen and oxygen atoms in total. The molecule has 0 saturated heterocycles. The highest BCUT2D eigenvalue weighted by Gasteiger charge is 2.19. The van der Waals surface area contributed by atoms with Crippen molar-refractivity contribution in [1.29, 1.82) is 0 Å². The third-order valence-electron chi connectivity index (χ3n) is 5.11. The first kappa shape index (κ1) is 19.6. The van der Waals surface area contributed by atoms with Crippen LogP contribution in [0.5, 0.6) is 5.75 Å². The predicted octanol–water partition coefficient (Wildman–Crippen LogP) is 2.45. The van der Waals surface area contributed by atoms with E-state index >= 15 is 0 Å². The molecule has 0 saturated carbocycles. The van der Waals surface area contributed by atoms with E-state index in [4.69, 9.17) is 4.74 Å². The largest absolute Gasteiger partial charge is 0.497 e. The number of carbonyl (C=O) groups excluding carboxylic acids is 1. The SMILES string of the molecule is CCNC(=O)c1cc(OC)cc(-c2cc3c[nH+]c4nc(C)[nH]c4c3n(CC)c2=O)c1. The van der Waals surface area contributed by atoms with Crippen LogP contribution in [0.25, 0.3) is 33.2 Å². The molecule has 3 N–H and O–H groups in total. The molecule has 0 bridgehead atoms. The van der Waals surface area contributed by atoms with Crippen LogP contribution >= 0.6 is 0 Å².